The molecule has 1 N–H and O–H groups in total. The van der Waals surface area contributed by atoms with E-state index in [2.05, 4.69) is 75.5 Å². The first-order valence-electron chi connectivity index (χ1n) is 12.1. The van der Waals surface area contributed by atoms with Gasteiger partial charge in [-0.2, -0.15) is 10.1 Å². The lowest BCUT2D eigenvalue weighted by atomic mass is 10.1. The number of hydrogen-bond donors (Lipinski definition) is 1. The van der Waals surface area contributed by atoms with Crippen molar-refractivity contribution in [3.63, 3.8) is 0 Å². The molecule has 0 radical (unpaired) electrons. The number of rotatable bonds is 5. The van der Waals surface area contributed by atoms with Gasteiger partial charge in [-0.15, -0.1) is 0 Å². The topological polar surface area (TPSA) is 73.0 Å². The monoisotopic (exact) mass is 467 g/mol. The van der Waals surface area contributed by atoms with E-state index in [4.69, 9.17) is 14.7 Å². The molecule has 0 bridgehead atoms. The van der Waals surface area contributed by atoms with Crippen LogP contribution in [0, 0.1) is 6.92 Å². The summed E-state index contributed by atoms with van der Waals surface area (Å²) in [6, 6.07) is 17.0. The Kier molecular flexibility index (Phi) is 5.37. The molecule has 8 nitrogen and oxygen atoms in total. The Balaban J connectivity index is 1.43. The van der Waals surface area contributed by atoms with Crippen LogP contribution in [0.15, 0.2) is 54.7 Å². The minimum atomic E-state index is 0.682. The van der Waals surface area contributed by atoms with Crippen molar-refractivity contribution in [1.82, 2.24) is 24.3 Å². The Morgan fingerprint density at radius 2 is 1.83 bits per heavy atom. The predicted molar refractivity (Wildman–Crippen MR) is 140 cm³/mol. The molecule has 2 aromatic carbocycles. The number of anilines is 3. The highest BCUT2D eigenvalue weighted by Gasteiger charge is 2.17. The summed E-state index contributed by atoms with van der Waals surface area (Å²) in [5, 5.41) is 10.5. The van der Waals surface area contributed by atoms with E-state index in [1.807, 2.05) is 24.7 Å². The number of benzene rings is 2. The Morgan fingerprint density at radius 1 is 0.971 bits per heavy atom. The molecular formula is C27H29N7O. The molecule has 8 heteroatoms. The molecule has 0 atom stereocenters. The van der Waals surface area contributed by atoms with Gasteiger partial charge in [-0.25, -0.2) is 4.98 Å². The van der Waals surface area contributed by atoms with Crippen LogP contribution in [0.2, 0.25) is 0 Å². The van der Waals surface area contributed by atoms with Crippen molar-refractivity contribution in [1.29, 1.82) is 0 Å². The second-order valence-corrected chi connectivity index (χ2v) is 8.98. The van der Waals surface area contributed by atoms with Gasteiger partial charge in [0.2, 0.25) is 5.95 Å². The van der Waals surface area contributed by atoms with E-state index in [1.165, 1.54) is 10.9 Å². The molecule has 35 heavy (non-hydrogen) atoms. The van der Waals surface area contributed by atoms with Crippen molar-refractivity contribution in [2.24, 2.45) is 7.05 Å². The van der Waals surface area contributed by atoms with Gasteiger partial charge in [0, 0.05) is 55.6 Å². The van der Waals surface area contributed by atoms with Crippen molar-refractivity contribution in [3.05, 3.63) is 60.4 Å². The van der Waals surface area contributed by atoms with Gasteiger partial charge in [0.15, 0.2) is 0 Å². The maximum atomic E-state index is 5.56. The zero-order valence-corrected chi connectivity index (χ0v) is 20.3. The molecular weight excluding hydrogens is 438 g/mol. The lowest BCUT2D eigenvalue weighted by molar-refractivity contribution is 0.122. The number of nitrogens with one attached hydrogen (secondary N) is 1. The van der Waals surface area contributed by atoms with Crippen LogP contribution in [0.25, 0.3) is 33.1 Å². The van der Waals surface area contributed by atoms with Crippen molar-refractivity contribution < 1.29 is 4.74 Å². The molecule has 6 rings (SSSR count). The Labute approximate surface area is 204 Å². The van der Waals surface area contributed by atoms with Gasteiger partial charge in [-0.3, -0.25) is 4.68 Å². The summed E-state index contributed by atoms with van der Waals surface area (Å²) < 4.78 is 9.73. The highest BCUT2D eigenvalue weighted by molar-refractivity contribution is 5.87. The quantitative estimate of drug-likeness (QED) is 0.397. The van der Waals surface area contributed by atoms with E-state index >= 15 is 0 Å². The van der Waals surface area contributed by atoms with Crippen LogP contribution in [0.5, 0.6) is 0 Å². The summed E-state index contributed by atoms with van der Waals surface area (Å²) in [5.74, 6) is 1.49. The van der Waals surface area contributed by atoms with Crippen LogP contribution in [0.1, 0.15) is 12.6 Å². The average molecular weight is 468 g/mol. The van der Waals surface area contributed by atoms with Crippen LogP contribution < -0.4 is 10.2 Å². The smallest absolute Gasteiger partial charge is 0.228 e. The molecule has 1 saturated heterocycles. The number of hydrogen-bond acceptors (Lipinski definition) is 6. The van der Waals surface area contributed by atoms with Gasteiger partial charge in [-0.05, 0) is 43.5 Å². The fourth-order valence-electron chi connectivity index (χ4n) is 4.83. The summed E-state index contributed by atoms with van der Waals surface area (Å²) in [4.78, 5) is 12.1. The van der Waals surface area contributed by atoms with E-state index in [0.29, 0.717) is 19.2 Å². The van der Waals surface area contributed by atoms with Gasteiger partial charge < -0.3 is 19.5 Å². The molecule has 0 aliphatic carbocycles. The van der Waals surface area contributed by atoms with E-state index < -0.39 is 0 Å². The molecule has 1 aliphatic rings. The minimum Gasteiger partial charge on any atom is -0.378 e. The molecule has 178 valence electrons. The second-order valence-electron chi connectivity index (χ2n) is 8.98. The van der Waals surface area contributed by atoms with Gasteiger partial charge in [0.05, 0.1) is 35.6 Å². The third kappa shape index (κ3) is 4.00. The molecule has 0 amide bonds. The fourth-order valence-corrected chi connectivity index (χ4v) is 4.83. The van der Waals surface area contributed by atoms with E-state index in [1.54, 1.807) is 0 Å². The van der Waals surface area contributed by atoms with Crippen molar-refractivity contribution in [3.8, 4) is 11.3 Å². The largest absolute Gasteiger partial charge is 0.378 e. The zero-order valence-electron chi connectivity index (χ0n) is 20.3. The summed E-state index contributed by atoms with van der Waals surface area (Å²) in [5.41, 5.74) is 6.24. The van der Waals surface area contributed by atoms with Crippen molar-refractivity contribution >= 4 is 39.3 Å². The van der Waals surface area contributed by atoms with E-state index in [0.717, 1.165) is 59.0 Å². The summed E-state index contributed by atoms with van der Waals surface area (Å²) >= 11 is 0. The number of aryl methyl sites for hydroxylation is 3. The highest BCUT2D eigenvalue weighted by Crippen LogP contribution is 2.30. The minimum absolute atomic E-state index is 0.682. The lowest BCUT2D eigenvalue weighted by Crippen LogP contribution is -2.37. The van der Waals surface area contributed by atoms with Gasteiger partial charge >= 0.3 is 0 Å². The van der Waals surface area contributed by atoms with Crippen molar-refractivity contribution in [2.75, 3.05) is 36.5 Å². The average Bonchev–Trinajstić information content (AvgIpc) is 3.43. The van der Waals surface area contributed by atoms with Gasteiger partial charge in [0.25, 0.3) is 0 Å². The number of ether oxygens (including phenoxy) is 1. The Morgan fingerprint density at radius 3 is 2.66 bits per heavy atom. The molecule has 0 saturated carbocycles. The van der Waals surface area contributed by atoms with E-state index in [9.17, 15) is 0 Å². The molecule has 4 heterocycles. The number of fused-ring (bicyclic) bond motifs is 2. The van der Waals surface area contributed by atoms with Gasteiger partial charge in [-0.1, -0.05) is 18.2 Å². The van der Waals surface area contributed by atoms with E-state index in [-0.39, 0.29) is 0 Å². The van der Waals surface area contributed by atoms with Crippen LogP contribution >= 0.6 is 0 Å². The summed E-state index contributed by atoms with van der Waals surface area (Å²) in [6.07, 6.45) is 2.13. The highest BCUT2D eigenvalue weighted by atomic mass is 16.5. The number of nitrogens with zero attached hydrogens (tertiary/aromatic N) is 6. The second kappa shape index (κ2) is 8.70. The normalized spacial score (nSPS) is 14.2. The third-order valence-electron chi connectivity index (χ3n) is 6.73. The third-order valence-corrected chi connectivity index (χ3v) is 6.73. The summed E-state index contributed by atoms with van der Waals surface area (Å²) in [7, 11) is 1.98. The maximum absolute atomic E-state index is 5.56. The van der Waals surface area contributed by atoms with Crippen LogP contribution in [0.3, 0.4) is 0 Å². The maximum Gasteiger partial charge on any atom is 0.228 e. The first-order valence-corrected chi connectivity index (χ1v) is 12.1. The summed E-state index contributed by atoms with van der Waals surface area (Å²) in [6.45, 7) is 8.05. The first kappa shape index (κ1) is 21.6. The SMILES string of the molecule is CCn1ccc2ccc(Nc3cc(-c4ccc5c(C)nn(C)c5c4)nc(N4CCOCC4)n3)cc21. The molecule has 1 fully saturated rings. The van der Waals surface area contributed by atoms with Crippen LogP contribution in [0.4, 0.5) is 17.5 Å². The molecule has 0 spiro atoms. The molecule has 1 aliphatic heterocycles. The zero-order chi connectivity index (χ0) is 23.9. The Bertz CT molecular complexity index is 1530. The standard InChI is InChI=1S/C27H29N7O/c1-4-33-10-9-19-5-7-21(16-24(19)33)28-26-17-23(29-27(30-26)34-11-13-35-14-12-34)20-6-8-22-18(2)31-32(3)25(22)15-20/h5-10,15-17H,4,11-14H2,1-3H3,(H,28,29,30). The number of morpholine rings is 1. The first-order chi connectivity index (χ1) is 17.1. The van der Waals surface area contributed by atoms with Crippen molar-refractivity contribution in [2.45, 2.75) is 20.4 Å². The lowest BCUT2D eigenvalue weighted by Gasteiger charge is -2.27. The Hall–Kier alpha value is -3.91. The van der Waals surface area contributed by atoms with Crippen LogP contribution in [-0.2, 0) is 18.3 Å². The molecule has 5 aromatic rings. The molecule has 0 unspecified atom stereocenters. The van der Waals surface area contributed by atoms with Crippen LogP contribution in [-0.4, -0.2) is 50.6 Å². The fraction of sp³-hybridized carbons (Fsp3) is 0.296. The molecule has 3 aromatic heterocycles. The van der Waals surface area contributed by atoms with Gasteiger partial charge in [0.1, 0.15) is 5.82 Å². The predicted octanol–water partition coefficient (Wildman–Crippen LogP) is 4.89. The number of aromatic nitrogens is 5.